The molecule has 1 unspecified atom stereocenters. The molecular weight excluding hydrogens is 388 g/mol. The number of carbonyl (C=O) groups excluding carboxylic acids is 1. The summed E-state index contributed by atoms with van der Waals surface area (Å²) >= 11 is 0. The second kappa shape index (κ2) is 9.94. The Balaban J connectivity index is 1.56. The van der Waals surface area contributed by atoms with Crippen molar-refractivity contribution >= 4 is 12.0 Å². The highest BCUT2D eigenvalue weighted by atomic mass is 19.1. The number of ether oxygens (including phenoxy) is 1. The van der Waals surface area contributed by atoms with Gasteiger partial charge in [-0.05, 0) is 42.0 Å². The number of hydrogen-bond acceptors (Lipinski definition) is 4. The fourth-order valence-electron chi connectivity index (χ4n) is 2.59. The normalized spacial score (nSPS) is 11.6. The standard InChI is InChI=1S/C23H17F2N3O2/c24-17-7-10-20(21(25)13-17)22(14-26)28-23(29)11-6-16-4-8-19(9-5-16)30-15-18-3-1-2-12-27-18/h1-13,22H,15H2,(H,28,29)/b11-6+. The van der Waals surface area contributed by atoms with Crippen molar-refractivity contribution in [1.29, 1.82) is 5.26 Å². The molecule has 30 heavy (non-hydrogen) atoms. The van der Waals surface area contributed by atoms with Crippen LogP contribution in [0.2, 0.25) is 0 Å². The molecule has 1 heterocycles. The number of carbonyl (C=O) groups is 1. The highest BCUT2D eigenvalue weighted by Gasteiger charge is 2.17. The lowest BCUT2D eigenvalue weighted by Crippen LogP contribution is -2.26. The number of aromatic nitrogens is 1. The van der Waals surface area contributed by atoms with Gasteiger partial charge in [0.2, 0.25) is 5.91 Å². The van der Waals surface area contributed by atoms with Crippen LogP contribution < -0.4 is 10.1 Å². The van der Waals surface area contributed by atoms with Crippen LogP contribution in [0.4, 0.5) is 8.78 Å². The molecule has 0 aliphatic heterocycles. The number of hydrogen-bond donors (Lipinski definition) is 1. The molecule has 0 fully saturated rings. The molecule has 0 aliphatic rings. The van der Waals surface area contributed by atoms with E-state index >= 15 is 0 Å². The summed E-state index contributed by atoms with van der Waals surface area (Å²) < 4.78 is 32.5. The minimum absolute atomic E-state index is 0.102. The van der Waals surface area contributed by atoms with E-state index in [1.165, 1.54) is 6.08 Å². The third kappa shape index (κ3) is 5.72. The number of nitriles is 1. The molecule has 0 radical (unpaired) electrons. The number of pyridine rings is 1. The van der Waals surface area contributed by atoms with Gasteiger partial charge in [-0.15, -0.1) is 0 Å². The molecule has 2 aromatic carbocycles. The zero-order chi connectivity index (χ0) is 21.3. The lowest BCUT2D eigenvalue weighted by molar-refractivity contribution is -0.116. The van der Waals surface area contributed by atoms with Crippen molar-refractivity contribution in [2.24, 2.45) is 0 Å². The molecule has 0 saturated carbocycles. The molecule has 0 spiro atoms. The Morgan fingerprint density at radius 3 is 2.63 bits per heavy atom. The van der Waals surface area contributed by atoms with E-state index in [0.29, 0.717) is 18.4 Å². The molecule has 3 aromatic rings. The van der Waals surface area contributed by atoms with Crippen LogP contribution in [0, 0.1) is 23.0 Å². The number of nitrogens with one attached hydrogen (secondary N) is 1. The zero-order valence-corrected chi connectivity index (χ0v) is 15.8. The van der Waals surface area contributed by atoms with Gasteiger partial charge in [-0.3, -0.25) is 9.78 Å². The van der Waals surface area contributed by atoms with E-state index in [1.54, 1.807) is 42.6 Å². The third-order valence-electron chi connectivity index (χ3n) is 4.11. The van der Waals surface area contributed by atoms with Gasteiger partial charge in [-0.2, -0.15) is 5.26 Å². The Kier molecular flexibility index (Phi) is 6.85. The first-order valence-electron chi connectivity index (χ1n) is 9.01. The van der Waals surface area contributed by atoms with Crippen molar-refractivity contribution < 1.29 is 18.3 Å². The van der Waals surface area contributed by atoms with E-state index in [1.807, 2.05) is 18.2 Å². The smallest absolute Gasteiger partial charge is 0.245 e. The molecule has 150 valence electrons. The summed E-state index contributed by atoms with van der Waals surface area (Å²) in [6.07, 6.45) is 4.47. The summed E-state index contributed by atoms with van der Waals surface area (Å²) in [5, 5.41) is 11.6. The Labute approximate surface area is 172 Å². The van der Waals surface area contributed by atoms with Crippen molar-refractivity contribution in [3.8, 4) is 11.8 Å². The Morgan fingerprint density at radius 1 is 1.17 bits per heavy atom. The third-order valence-corrected chi connectivity index (χ3v) is 4.11. The summed E-state index contributed by atoms with van der Waals surface area (Å²) in [4.78, 5) is 16.3. The molecule has 0 saturated heterocycles. The van der Waals surface area contributed by atoms with Gasteiger partial charge in [0, 0.05) is 23.9 Å². The monoisotopic (exact) mass is 405 g/mol. The molecular formula is C23H17F2N3O2. The van der Waals surface area contributed by atoms with E-state index in [2.05, 4.69) is 10.3 Å². The number of amides is 1. The average Bonchev–Trinajstić information content (AvgIpc) is 2.76. The first-order valence-corrected chi connectivity index (χ1v) is 9.01. The molecule has 1 atom stereocenters. The Morgan fingerprint density at radius 2 is 1.97 bits per heavy atom. The van der Waals surface area contributed by atoms with Crippen LogP contribution >= 0.6 is 0 Å². The van der Waals surface area contributed by atoms with Gasteiger partial charge in [0.15, 0.2) is 0 Å². The van der Waals surface area contributed by atoms with Gasteiger partial charge in [0.05, 0.1) is 11.8 Å². The van der Waals surface area contributed by atoms with Crippen LogP contribution in [0.15, 0.2) is 72.9 Å². The number of benzene rings is 2. The predicted octanol–water partition coefficient (Wildman–Crippen LogP) is 4.33. The van der Waals surface area contributed by atoms with Crippen LogP contribution in [0.1, 0.15) is 22.9 Å². The summed E-state index contributed by atoms with van der Waals surface area (Å²) in [5.74, 6) is -1.59. The van der Waals surface area contributed by atoms with Gasteiger partial charge in [0.1, 0.15) is 30.0 Å². The largest absolute Gasteiger partial charge is 0.487 e. The summed E-state index contributed by atoms with van der Waals surface area (Å²) in [6, 6.07) is 16.0. The first kappa shape index (κ1) is 20.7. The van der Waals surface area contributed by atoms with E-state index in [9.17, 15) is 18.8 Å². The van der Waals surface area contributed by atoms with Gasteiger partial charge >= 0.3 is 0 Å². The zero-order valence-electron chi connectivity index (χ0n) is 15.8. The van der Waals surface area contributed by atoms with Crippen LogP contribution in [-0.4, -0.2) is 10.9 Å². The highest BCUT2D eigenvalue weighted by Crippen LogP contribution is 2.18. The van der Waals surface area contributed by atoms with Gasteiger partial charge in [0.25, 0.3) is 0 Å². The van der Waals surface area contributed by atoms with Gasteiger partial charge in [-0.25, -0.2) is 8.78 Å². The second-order valence-electron chi connectivity index (χ2n) is 6.25. The van der Waals surface area contributed by atoms with Crippen molar-refractivity contribution in [2.45, 2.75) is 12.6 Å². The fraction of sp³-hybridized carbons (Fsp3) is 0.0870. The summed E-state index contributed by atoms with van der Waals surface area (Å²) in [6.45, 7) is 0.341. The molecule has 1 N–H and O–H groups in total. The highest BCUT2D eigenvalue weighted by molar-refractivity contribution is 5.92. The lowest BCUT2D eigenvalue weighted by Gasteiger charge is -2.11. The molecule has 0 aliphatic carbocycles. The fourth-order valence-corrected chi connectivity index (χ4v) is 2.59. The SMILES string of the molecule is N#CC(NC(=O)/C=C/c1ccc(OCc2ccccn2)cc1)c1ccc(F)cc1F. The van der Waals surface area contributed by atoms with Crippen LogP contribution in [-0.2, 0) is 11.4 Å². The second-order valence-corrected chi connectivity index (χ2v) is 6.25. The number of rotatable bonds is 7. The van der Waals surface area contributed by atoms with Crippen molar-refractivity contribution in [3.63, 3.8) is 0 Å². The van der Waals surface area contributed by atoms with Gasteiger partial charge in [-0.1, -0.05) is 24.3 Å². The average molecular weight is 405 g/mol. The van der Waals surface area contributed by atoms with Crippen LogP contribution in [0.5, 0.6) is 5.75 Å². The van der Waals surface area contributed by atoms with E-state index in [4.69, 9.17) is 4.74 Å². The first-order chi connectivity index (χ1) is 14.5. The number of halogens is 2. The van der Waals surface area contributed by atoms with E-state index in [-0.39, 0.29) is 5.56 Å². The lowest BCUT2D eigenvalue weighted by atomic mass is 10.1. The number of nitrogens with zero attached hydrogens (tertiary/aromatic N) is 2. The van der Waals surface area contributed by atoms with Crippen molar-refractivity contribution in [3.05, 3.63) is 101 Å². The molecule has 5 nitrogen and oxygen atoms in total. The quantitative estimate of drug-likeness (QED) is 0.594. The molecule has 1 amide bonds. The minimum Gasteiger partial charge on any atom is -0.487 e. The summed E-state index contributed by atoms with van der Waals surface area (Å²) in [7, 11) is 0. The molecule has 1 aromatic heterocycles. The Hall–Kier alpha value is -4.05. The van der Waals surface area contributed by atoms with Crippen LogP contribution in [0.25, 0.3) is 6.08 Å². The maximum Gasteiger partial charge on any atom is 0.245 e. The molecule has 3 rings (SSSR count). The van der Waals surface area contributed by atoms with E-state index < -0.39 is 23.6 Å². The maximum atomic E-state index is 13.8. The minimum atomic E-state index is -1.23. The molecule has 7 heteroatoms. The maximum absolute atomic E-state index is 13.8. The topological polar surface area (TPSA) is 75.0 Å². The van der Waals surface area contributed by atoms with Crippen molar-refractivity contribution in [2.75, 3.05) is 0 Å². The predicted molar refractivity (Wildman–Crippen MR) is 107 cm³/mol. The van der Waals surface area contributed by atoms with Crippen molar-refractivity contribution in [1.82, 2.24) is 10.3 Å². The molecule has 0 bridgehead atoms. The van der Waals surface area contributed by atoms with E-state index in [0.717, 1.165) is 23.4 Å². The van der Waals surface area contributed by atoms with Crippen LogP contribution in [0.3, 0.4) is 0 Å². The summed E-state index contributed by atoms with van der Waals surface area (Å²) in [5.41, 5.74) is 1.44. The Bertz CT molecular complexity index is 1080. The van der Waals surface area contributed by atoms with Gasteiger partial charge < -0.3 is 10.1 Å².